The van der Waals surface area contributed by atoms with Crippen molar-refractivity contribution in [1.29, 1.82) is 0 Å². The second kappa shape index (κ2) is 4.57. The molecule has 1 saturated heterocycles. The summed E-state index contributed by atoms with van der Waals surface area (Å²) in [5, 5.41) is 18.7. The zero-order valence-electron chi connectivity index (χ0n) is 9.11. The molecule has 0 aromatic carbocycles. The van der Waals surface area contributed by atoms with Gasteiger partial charge in [0.05, 0.1) is 12.2 Å². The summed E-state index contributed by atoms with van der Waals surface area (Å²) in [6, 6.07) is 0. The Kier molecular flexibility index (Phi) is 3.89. The van der Waals surface area contributed by atoms with E-state index in [0.717, 1.165) is 13.0 Å². The number of nitrogens with zero attached hydrogens (tertiary/aromatic N) is 1. The number of rotatable bonds is 4. The third kappa shape index (κ3) is 3.20. The maximum Gasteiger partial charge on any atom is 0.0938 e. The van der Waals surface area contributed by atoms with Gasteiger partial charge >= 0.3 is 0 Å². The quantitative estimate of drug-likeness (QED) is 0.569. The van der Waals surface area contributed by atoms with Crippen molar-refractivity contribution in [3.8, 4) is 0 Å². The molecule has 0 aromatic rings. The SMILES string of the molecule is CC(C)(CN)CCN1CC(O)C(O)C1. The zero-order chi connectivity index (χ0) is 10.8. The summed E-state index contributed by atoms with van der Waals surface area (Å²) in [6.07, 6.45) is -0.143. The zero-order valence-corrected chi connectivity index (χ0v) is 9.11. The molecule has 0 aromatic heterocycles. The molecule has 0 saturated carbocycles. The molecule has 0 amide bonds. The van der Waals surface area contributed by atoms with Gasteiger partial charge in [-0.25, -0.2) is 0 Å². The van der Waals surface area contributed by atoms with E-state index >= 15 is 0 Å². The number of hydrogen-bond donors (Lipinski definition) is 3. The average Bonchev–Trinajstić information content (AvgIpc) is 2.44. The van der Waals surface area contributed by atoms with Gasteiger partial charge < -0.3 is 15.9 Å². The Bertz CT molecular complexity index is 175. The molecule has 84 valence electrons. The minimum Gasteiger partial charge on any atom is -0.389 e. The van der Waals surface area contributed by atoms with Crippen LogP contribution in [0.1, 0.15) is 20.3 Å². The van der Waals surface area contributed by atoms with Crippen LogP contribution in [0.25, 0.3) is 0 Å². The largest absolute Gasteiger partial charge is 0.389 e. The molecule has 1 aliphatic heterocycles. The van der Waals surface area contributed by atoms with Crippen LogP contribution >= 0.6 is 0 Å². The van der Waals surface area contributed by atoms with Gasteiger partial charge in [0.1, 0.15) is 0 Å². The van der Waals surface area contributed by atoms with Crippen molar-refractivity contribution >= 4 is 0 Å². The average molecular weight is 202 g/mol. The molecule has 2 unspecified atom stereocenters. The summed E-state index contributed by atoms with van der Waals surface area (Å²) in [5.41, 5.74) is 5.78. The monoisotopic (exact) mass is 202 g/mol. The first-order valence-electron chi connectivity index (χ1n) is 5.23. The summed E-state index contributed by atoms with van der Waals surface area (Å²) < 4.78 is 0. The van der Waals surface area contributed by atoms with Crippen LogP contribution < -0.4 is 5.73 Å². The van der Waals surface area contributed by atoms with Crippen LogP contribution in [-0.4, -0.2) is 53.5 Å². The Morgan fingerprint density at radius 1 is 1.29 bits per heavy atom. The van der Waals surface area contributed by atoms with Gasteiger partial charge in [0.15, 0.2) is 0 Å². The van der Waals surface area contributed by atoms with Crippen molar-refractivity contribution in [3.05, 3.63) is 0 Å². The van der Waals surface area contributed by atoms with Crippen LogP contribution in [0.5, 0.6) is 0 Å². The number of likely N-dealkylation sites (tertiary alicyclic amines) is 1. The van der Waals surface area contributed by atoms with Gasteiger partial charge in [-0.3, -0.25) is 4.90 Å². The van der Waals surface area contributed by atoms with Gasteiger partial charge in [-0.15, -0.1) is 0 Å². The molecule has 4 heteroatoms. The molecular weight excluding hydrogens is 180 g/mol. The third-order valence-corrected chi connectivity index (χ3v) is 2.99. The number of aliphatic hydroxyl groups excluding tert-OH is 2. The maximum absolute atomic E-state index is 9.34. The molecule has 0 radical (unpaired) electrons. The molecular formula is C10H22N2O2. The molecule has 4 nitrogen and oxygen atoms in total. The van der Waals surface area contributed by atoms with Gasteiger partial charge in [-0.05, 0) is 24.9 Å². The van der Waals surface area contributed by atoms with E-state index < -0.39 is 12.2 Å². The van der Waals surface area contributed by atoms with E-state index in [1.807, 2.05) is 0 Å². The lowest BCUT2D eigenvalue weighted by Crippen LogP contribution is -2.31. The second-order valence-electron chi connectivity index (χ2n) is 5.01. The van der Waals surface area contributed by atoms with E-state index in [1.165, 1.54) is 0 Å². The summed E-state index contributed by atoms with van der Waals surface area (Å²) in [7, 11) is 0. The van der Waals surface area contributed by atoms with Crippen molar-refractivity contribution in [2.45, 2.75) is 32.5 Å². The molecule has 1 aliphatic rings. The highest BCUT2D eigenvalue weighted by Crippen LogP contribution is 2.20. The standard InChI is InChI=1S/C10H22N2O2/c1-10(2,7-11)3-4-12-5-8(13)9(14)6-12/h8-9,13-14H,3-7,11H2,1-2H3. The smallest absolute Gasteiger partial charge is 0.0938 e. The lowest BCUT2D eigenvalue weighted by atomic mass is 9.89. The van der Waals surface area contributed by atoms with Crippen molar-refractivity contribution in [2.24, 2.45) is 11.1 Å². The Balaban J connectivity index is 2.27. The van der Waals surface area contributed by atoms with Crippen molar-refractivity contribution in [2.75, 3.05) is 26.2 Å². The van der Waals surface area contributed by atoms with E-state index in [0.29, 0.717) is 19.6 Å². The Labute approximate surface area is 85.7 Å². The summed E-state index contributed by atoms with van der Waals surface area (Å²) in [4.78, 5) is 2.09. The number of hydrogen-bond acceptors (Lipinski definition) is 4. The topological polar surface area (TPSA) is 69.7 Å². The molecule has 2 atom stereocenters. The lowest BCUT2D eigenvalue weighted by Gasteiger charge is -2.25. The number of aliphatic hydroxyl groups is 2. The van der Waals surface area contributed by atoms with Gasteiger partial charge in [0, 0.05) is 13.1 Å². The minimum atomic E-state index is -0.573. The van der Waals surface area contributed by atoms with Gasteiger partial charge in [-0.2, -0.15) is 0 Å². The predicted octanol–water partition coefficient (Wildman–Crippen LogP) is -0.601. The van der Waals surface area contributed by atoms with Gasteiger partial charge in [-0.1, -0.05) is 13.8 Å². The van der Waals surface area contributed by atoms with E-state index in [1.54, 1.807) is 0 Å². The number of β-amino-alcohol motifs (C(OH)–C–C–N with tert-alkyl or cyclic N) is 2. The first kappa shape index (κ1) is 11.9. The summed E-state index contributed by atoms with van der Waals surface area (Å²) >= 11 is 0. The first-order chi connectivity index (χ1) is 6.44. The summed E-state index contributed by atoms with van der Waals surface area (Å²) in [5.74, 6) is 0. The fourth-order valence-corrected chi connectivity index (χ4v) is 1.59. The molecule has 0 spiro atoms. The predicted molar refractivity (Wildman–Crippen MR) is 55.9 cm³/mol. The molecule has 14 heavy (non-hydrogen) atoms. The van der Waals surface area contributed by atoms with Crippen LogP contribution in [0.15, 0.2) is 0 Å². The molecule has 1 fully saturated rings. The normalized spacial score (nSPS) is 29.8. The van der Waals surface area contributed by atoms with E-state index in [2.05, 4.69) is 18.7 Å². The van der Waals surface area contributed by atoms with Crippen LogP contribution in [0.4, 0.5) is 0 Å². The highest BCUT2D eigenvalue weighted by atomic mass is 16.3. The Morgan fingerprint density at radius 3 is 2.21 bits per heavy atom. The van der Waals surface area contributed by atoms with E-state index in [9.17, 15) is 10.2 Å². The fraction of sp³-hybridized carbons (Fsp3) is 1.00. The van der Waals surface area contributed by atoms with Crippen molar-refractivity contribution < 1.29 is 10.2 Å². The molecule has 1 rings (SSSR count). The van der Waals surface area contributed by atoms with E-state index in [-0.39, 0.29) is 5.41 Å². The molecule has 1 heterocycles. The Morgan fingerprint density at radius 2 is 1.79 bits per heavy atom. The highest BCUT2D eigenvalue weighted by molar-refractivity contribution is 4.84. The van der Waals surface area contributed by atoms with Crippen LogP contribution in [0.3, 0.4) is 0 Å². The minimum absolute atomic E-state index is 0.151. The third-order valence-electron chi connectivity index (χ3n) is 2.99. The van der Waals surface area contributed by atoms with Crippen LogP contribution in [-0.2, 0) is 0 Å². The fourth-order valence-electron chi connectivity index (χ4n) is 1.59. The molecule has 4 N–H and O–H groups in total. The highest BCUT2D eigenvalue weighted by Gasteiger charge is 2.30. The Hall–Kier alpha value is -0.160. The van der Waals surface area contributed by atoms with Crippen molar-refractivity contribution in [1.82, 2.24) is 4.90 Å². The second-order valence-corrected chi connectivity index (χ2v) is 5.01. The van der Waals surface area contributed by atoms with Gasteiger partial charge in [0.25, 0.3) is 0 Å². The van der Waals surface area contributed by atoms with Crippen LogP contribution in [0.2, 0.25) is 0 Å². The van der Waals surface area contributed by atoms with E-state index in [4.69, 9.17) is 5.73 Å². The summed E-state index contributed by atoms with van der Waals surface area (Å²) in [6.45, 7) is 7.01. The first-order valence-corrected chi connectivity index (χ1v) is 5.23. The number of nitrogens with two attached hydrogens (primary N) is 1. The van der Waals surface area contributed by atoms with Crippen LogP contribution in [0, 0.1) is 5.41 Å². The van der Waals surface area contributed by atoms with Crippen molar-refractivity contribution in [3.63, 3.8) is 0 Å². The maximum atomic E-state index is 9.34. The molecule has 0 bridgehead atoms. The lowest BCUT2D eigenvalue weighted by molar-refractivity contribution is 0.0572. The molecule has 0 aliphatic carbocycles. The van der Waals surface area contributed by atoms with Gasteiger partial charge in [0.2, 0.25) is 0 Å².